The van der Waals surface area contributed by atoms with E-state index in [4.69, 9.17) is 4.74 Å². The Morgan fingerprint density at radius 3 is 2.59 bits per heavy atom. The van der Waals surface area contributed by atoms with Crippen molar-refractivity contribution in [1.29, 1.82) is 0 Å². The van der Waals surface area contributed by atoms with Gasteiger partial charge in [-0.3, -0.25) is 4.79 Å². The molecule has 0 fully saturated rings. The molecule has 0 saturated carbocycles. The molecule has 1 amide bonds. The molecule has 2 N–H and O–H groups in total. The number of benzene rings is 3. The summed E-state index contributed by atoms with van der Waals surface area (Å²) in [6, 6.07) is 19.1. The highest BCUT2D eigenvalue weighted by Gasteiger charge is 2.39. The molecular weight excluding hydrogens is 521 g/mol. The van der Waals surface area contributed by atoms with Crippen LogP contribution in [0.15, 0.2) is 82.9 Å². The van der Waals surface area contributed by atoms with Crippen LogP contribution in [0, 0.1) is 11.7 Å². The van der Waals surface area contributed by atoms with Gasteiger partial charge in [-0.25, -0.2) is 18.9 Å². The third kappa shape index (κ3) is 5.53. The monoisotopic (exact) mass is 545 g/mol. The van der Waals surface area contributed by atoms with E-state index in [9.17, 15) is 19.1 Å². The summed E-state index contributed by atoms with van der Waals surface area (Å²) in [7, 11) is 1.52. The first-order valence-corrected chi connectivity index (χ1v) is 13.0. The smallest absolute Gasteiger partial charge is 0.335 e. The van der Waals surface area contributed by atoms with Gasteiger partial charge in [-0.15, -0.1) is 5.10 Å². The number of amides is 1. The van der Waals surface area contributed by atoms with Crippen LogP contribution in [0.1, 0.15) is 34.5 Å². The highest BCUT2D eigenvalue weighted by Crippen LogP contribution is 2.38. The molecule has 2 heterocycles. The van der Waals surface area contributed by atoms with Gasteiger partial charge in [0.05, 0.1) is 24.4 Å². The normalized spacial score (nSPS) is 16.2. The van der Waals surface area contributed by atoms with Crippen LogP contribution in [0.3, 0.4) is 0 Å². The predicted octanol–water partition coefficient (Wildman–Crippen LogP) is 5.37. The van der Waals surface area contributed by atoms with Crippen LogP contribution < -0.4 is 10.1 Å². The van der Waals surface area contributed by atoms with Crippen LogP contribution in [0.5, 0.6) is 5.75 Å². The number of carboxylic acids is 1. The largest absolute Gasteiger partial charge is 0.495 e. The molecule has 2 unspecified atom stereocenters. The van der Waals surface area contributed by atoms with Gasteiger partial charge in [0.25, 0.3) is 0 Å². The second kappa shape index (κ2) is 11.1. The van der Waals surface area contributed by atoms with E-state index in [1.807, 2.05) is 6.07 Å². The highest BCUT2D eigenvalue weighted by molar-refractivity contribution is 7.98. The molecule has 9 nitrogen and oxygen atoms in total. The van der Waals surface area contributed by atoms with Crippen molar-refractivity contribution in [2.45, 2.75) is 23.9 Å². The minimum Gasteiger partial charge on any atom is -0.495 e. The Morgan fingerprint density at radius 2 is 1.87 bits per heavy atom. The Bertz CT molecular complexity index is 1570. The molecule has 0 radical (unpaired) electrons. The van der Waals surface area contributed by atoms with Crippen molar-refractivity contribution in [3.8, 4) is 5.75 Å². The fraction of sp³-hybridized carbons (Fsp3) is 0.179. The third-order valence-electron chi connectivity index (χ3n) is 6.30. The first-order chi connectivity index (χ1) is 18.8. The number of para-hydroxylation sites is 2. The van der Waals surface area contributed by atoms with Crippen LogP contribution in [0.2, 0.25) is 0 Å². The Morgan fingerprint density at radius 1 is 1.10 bits per heavy atom. The lowest BCUT2D eigenvalue weighted by atomic mass is 9.87. The zero-order valence-corrected chi connectivity index (χ0v) is 21.9. The van der Waals surface area contributed by atoms with Crippen molar-refractivity contribution in [2.24, 2.45) is 10.9 Å². The van der Waals surface area contributed by atoms with Crippen LogP contribution in [-0.2, 0) is 10.5 Å². The minimum absolute atomic E-state index is 0.125. The number of nitrogens with one attached hydrogen (secondary N) is 1. The van der Waals surface area contributed by atoms with E-state index in [1.54, 1.807) is 54.1 Å². The number of anilines is 1. The topological polar surface area (TPSA) is 119 Å². The zero-order chi connectivity index (χ0) is 27.5. The average molecular weight is 546 g/mol. The van der Waals surface area contributed by atoms with Crippen LogP contribution in [0.25, 0.3) is 0 Å². The Labute approximate surface area is 227 Å². The van der Waals surface area contributed by atoms with Crippen LogP contribution in [-0.4, -0.2) is 44.6 Å². The van der Waals surface area contributed by atoms with Gasteiger partial charge in [0.1, 0.15) is 17.5 Å². The molecule has 1 aliphatic heterocycles. The van der Waals surface area contributed by atoms with Crippen LogP contribution >= 0.6 is 11.8 Å². The van der Waals surface area contributed by atoms with Gasteiger partial charge in [-0.05, 0) is 54.4 Å². The van der Waals surface area contributed by atoms with Crippen molar-refractivity contribution in [3.05, 3.63) is 95.3 Å². The number of carbonyl (C=O) groups excluding carboxylic acids is 1. The summed E-state index contributed by atoms with van der Waals surface area (Å²) in [6.07, 6.45) is 0. The van der Waals surface area contributed by atoms with E-state index in [-0.39, 0.29) is 17.3 Å². The number of carbonyl (C=O) groups is 2. The van der Waals surface area contributed by atoms with Gasteiger partial charge >= 0.3 is 5.97 Å². The molecule has 5 rings (SSSR count). The van der Waals surface area contributed by atoms with Gasteiger partial charge in [0, 0.05) is 11.5 Å². The number of nitrogens with zero attached hydrogens (tertiary/aromatic N) is 4. The first-order valence-electron chi connectivity index (χ1n) is 12.0. The number of methoxy groups -OCH3 is 1. The molecule has 0 bridgehead atoms. The average Bonchev–Trinajstić information content (AvgIpc) is 3.34. The molecule has 1 aromatic heterocycles. The lowest BCUT2D eigenvalue weighted by Gasteiger charge is -2.30. The number of fused-ring (bicyclic) bond motifs is 1. The Kier molecular flexibility index (Phi) is 7.42. The highest BCUT2D eigenvalue weighted by atomic mass is 32.2. The quantitative estimate of drug-likeness (QED) is 0.286. The van der Waals surface area contributed by atoms with Crippen molar-refractivity contribution < 1.29 is 23.8 Å². The van der Waals surface area contributed by atoms with Crippen molar-refractivity contribution >= 4 is 41.0 Å². The number of ether oxygens (including phenoxy) is 1. The molecular formula is C28H24FN5O4S. The predicted molar refractivity (Wildman–Crippen MR) is 145 cm³/mol. The van der Waals surface area contributed by atoms with Gasteiger partial charge in [0.15, 0.2) is 0 Å². The van der Waals surface area contributed by atoms with Gasteiger partial charge in [-0.1, -0.05) is 48.2 Å². The number of thioether (sulfide) groups is 1. The zero-order valence-electron chi connectivity index (χ0n) is 21.0. The summed E-state index contributed by atoms with van der Waals surface area (Å²) in [5.41, 5.74) is 2.61. The second-order valence-electron chi connectivity index (χ2n) is 8.85. The first kappa shape index (κ1) is 26.1. The lowest BCUT2D eigenvalue weighted by molar-refractivity contribution is -0.118. The van der Waals surface area contributed by atoms with E-state index in [0.717, 1.165) is 5.56 Å². The molecule has 0 aliphatic carbocycles. The molecule has 39 heavy (non-hydrogen) atoms. The molecule has 4 aromatic rings. The summed E-state index contributed by atoms with van der Waals surface area (Å²) < 4.78 is 20.6. The van der Waals surface area contributed by atoms with E-state index < -0.39 is 17.9 Å². The fourth-order valence-electron chi connectivity index (χ4n) is 4.44. The number of halogens is 1. The maximum Gasteiger partial charge on any atom is 0.335 e. The Balaban J connectivity index is 1.51. The molecule has 3 aromatic carbocycles. The van der Waals surface area contributed by atoms with Crippen molar-refractivity contribution in [3.63, 3.8) is 0 Å². The van der Waals surface area contributed by atoms with E-state index in [0.29, 0.717) is 39.6 Å². The number of hydrogen-bond donors (Lipinski definition) is 2. The maximum atomic E-state index is 13.7. The number of carboxylic acid groups (broad SMARTS) is 1. The summed E-state index contributed by atoms with van der Waals surface area (Å²) in [5.74, 6) is -1.20. The lowest BCUT2D eigenvalue weighted by Crippen LogP contribution is -2.39. The van der Waals surface area contributed by atoms with E-state index in [1.165, 1.54) is 43.1 Å². The molecule has 11 heteroatoms. The molecule has 198 valence electrons. The summed E-state index contributed by atoms with van der Waals surface area (Å²) in [4.78, 5) is 34.3. The number of rotatable bonds is 8. The number of aliphatic imine (C=N–C) groups is 1. The SMILES string of the molecule is COc1ccccc1NC(=O)C1C(C)=Nc2nc(SCc3cccc(F)c3)nn2C1c1ccc(C(=O)O)cc1. The number of aromatic nitrogens is 3. The molecule has 1 aliphatic rings. The molecule has 0 spiro atoms. The van der Waals surface area contributed by atoms with E-state index in [2.05, 4.69) is 20.4 Å². The van der Waals surface area contributed by atoms with Crippen molar-refractivity contribution in [2.75, 3.05) is 12.4 Å². The third-order valence-corrected chi connectivity index (χ3v) is 7.21. The molecule has 0 saturated heterocycles. The van der Waals surface area contributed by atoms with Gasteiger partial charge in [0.2, 0.25) is 17.0 Å². The Hall–Kier alpha value is -4.51. The number of aromatic carboxylic acids is 1. The maximum absolute atomic E-state index is 13.7. The summed E-state index contributed by atoms with van der Waals surface area (Å²) >= 11 is 1.32. The number of hydrogen-bond acceptors (Lipinski definition) is 7. The summed E-state index contributed by atoms with van der Waals surface area (Å²) in [6.45, 7) is 1.75. The molecule has 2 atom stereocenters. The van der Waals surface area contributed by atoms with Gasteiger partial charge in [-0.2, -0.15) is 4.98 Å². The van der Waals surface area contributed by atoms with Crippen LogP contribution in [0.4, 0.5) is 16.0 Å². The standard InChI is InChI=1S/C28H24FN5O4S/c1-16-23(25(35)31-21-8-3-4-9-22(21)38-2)24(18-10-12-19(13-11-18)26(36)37)34-27(30-16)32-28(33-34)39-15-17-6-5-7-20(29)14-17/h3-14,23-24H,15H2,1-2H3,(H,31,35)(H,36,37). The second-order valence-corrected chi connectivity index (χ2v) is 9.79. The summed E-state index contributed by atoms with van der Waals surface area (Å²) in [5, 5.41) is 17.4. The van der Waals surface area contributed by atoms with E-state index >= 15 is 0 Å². The van der Waals surface area contributed by atoms with Crippen molar-refractivity contribution in [1.82, 2.24) is 14.8 Å². The fourth-order valence-corrected chi connectivity index (χ4v) is 5.21. The minimum atomic E-state index is -1.05. The van der Waals surface area contributed by atoms with Gasteiger partial charge < -0.3 is 15.2 Å².